The molecule has 0 amide bonds. The number of nitrogens with one attached hydrogen (secondary N) is 1. The minimum atomic E-state index is -4.13. The number of hydrogen-bond donors (Lipinski definition) is 2. The average molecular weight is 373 g/mol. The van der Waals surface area contributed by atoms with E-state index in [1.807, 2.05) is 0 Å². The summed E-state index contributed by atoms with van der Waals surface area (Å²) < 4.78 is 53.3. The maximum atomic E-state index is 14.4. The van der Waals surface area contributed by atoms with Gasteiger partial charge >= 0.3 is 0 Å². The highest BCUT2D eigenvalue weighted by molar-refractivity contribution is 7.89. The highest BCUT2D eigenvalue weighted by Gasteiger charge is 2.49. The van der Waals surface area contributed by atoms with Crippen LogP contribution in [0.3, 0.4) is 0 Å². The Balaban J connectivity index is 1.93. The molecule has 1 aliphatic carbocycles. The normalized spacial score (nSPS) is 23.9. The Labute approximate surface area is 147 Å². The van der Waals surface area contributed by atoms with Crippen LogP contribution in [0, 0.1) is 11.2 Å². The predicted molar refractivity (Wildman–Crippen MR) is 89.4 cm³/mol. The lowest BCUT2D eigenvalue weighted by atomic mass is 9.63. The summed E-state index contributed by atoms with van der Waals surface area (Å²) in [6.07, 6.45) is 3.62. The van der Waals surface area contributed by atoms with Crippen molar-refractivity contribution in [3.63, 3.8) is 0 Å². The van der Waals surface area contributed by atoms with Crippen LogP contribution in [-0.2, 0) is 14.8 Å². The molecule has 0 aromatic heterocycles. The lowest BCUT2D eigenvalue weighted by Crippen LogP contribution is -2.58. The van der Waals surface area contributed by atoms with Crippen molar-refractivity contribution in [1.82, 2.24) is 4.72 Å². The zero-order valence-corrected chi connectivity index (χ0v) is 15.0. The number of ether oxygens (including phenoxy) is 2. The molecule has 1 saturated heterocycles. The molecule has 2 unspecified atom stereocenters. The lowest BCUT2D eigenvalue weighted by Gasteiger charge is -2.48. The summed E-state index contributed by atoms with van der Waals surface area (Å²) in [7, 11) is -2.84. The van der Waals surface area contributed by atoms with Crippen molar-refractivity contribution < 1.29 is 27.4 Å². The molecule has 0 spiro atoms. The van der Waals surface area contributed by atoms with E-state index < -0.39 is 32.2 Å². The van der Waals surface area contributed by atoms with E-state index in [2.05, 4.69) is 4.72 Å². The fourth-order valence-electron chi connectivity index (χ4n) is 3.75. The summed E-state index contributed by atoms with van der Waals surface area (Å²) in [4.78, 5) is -0.456. The number of hydrogen-bond acceptors (Lipinski definition) is 5. The van der Waals surface area contributed by atoms with Crippen molar-refractivity contribution in [2.45, 2.75) is 49.1 Å². The third kappa shape index (κ3) is 3.40. The van der Waals surface area contributed by atoms with Gasteiger partial charge in [-0.25, -0.2) is 17.5 Å². The molecule has 6 nitrogen and oxygen atoms in total. The average Bonchev–Trinajstić information content (AvgIpc) is 3.07. The zero-order chi connectivity index (χ0) is 18.1. The van der Waals surface area contributed by atoms with Gasteiger partial charge in [-0.3, -0.25) is 0 Å². The minimum Gasteiger partial charge on any atom is -0.494 e. The van der Waals surface area contributed by atoms with Crippen LogP contribution in [0.2, 0.25) is 0 Å². The summed E-state index contributed by atoms with van der Waals surface area (Å²) in [6, 6.07) is 3.43. The van der Waals surface area contributed by atoms with Crippen LogP contribution >= 0.6 is 0 Å². The van der Waals surface area contributed by atoms with Gasteiger partial charge in [0.2, 0.25) is 10.0 Å². The molecule has 3 rings (SSSR count). The van der Waals surface area contributed by atoms with Crippen LogP contribution in [0.4, 0.5) is 4.39 Å². The second kappa shape index (κ2) is 7.19. The molecule has 140 valence electrons. The van der Waals surface area contributed by atoms with E-state index in [1.165, 1.54) is 25.3 Å². The number of rotatable bonds is 7. The fraction of sp³-hybridized carbons (Fsp3) is 0.647. The Bertz CT molecular complexity index is 708. The Hall–Kier alpha value is -1.22. The van der Waals surface area contributed by atoms with Gasteiger partial charge in [0.25, 0.3) is 0 Å². The molecule has 25 heavy (non-hydrogen) atoms. The molecule has 8 heteroatoms. The Morgan fingerprint density at radius 1 is 1.44 bits per heavy atom. The van der Waals surface area contributed by atoms with E-state index in [4.69, 9.17) is 9.47 Å². The van der Waals surface area contributed by atoms with Crippen molar-refractivity contribution in [2.24, 2.45) is 5.41 Å². The molecule has 0 bridgehead atoms. The van der Waals surface area contributed by atoms with Crippen LogP contribution < -0.4 is 9.46 Å². The molecular weight excluding hydrogens is 349 g/mol. The number of aliphatic hydroxyl groups is 1. The van der Waals surface area contributed by atoms with Gasteiger partial charge < -0.3 is 14.6 Å². The molecule has 2 aliphatic rings. The summed E-state index contributed by atoms with van der Waals surface area (Å²) in [6.45, 7) is 0.443. The summed E-state index contributed by atoms with van der Waals surface area (Å²) in [5.41, 5.74) is -0.544. The van der Waals surface area contributed by atoms with E-state index in [0.717, 1.165) is 32.1 Å². The standard InChI is InChI=1S/C17H24FNO5S/c1-23-12-5-2-7-14(15(12)18)25(21,22)19-16(13-6-3-10-24-13)17(11-20)8-4-9-17/h2,5,7,13,16,19-20H,3-4,6,8-11H2,1H3. The third-order valence-corrected chi connectivity index (χ3v) is 6.84. The van der Waals surface area contributed by atoms with Crippen molar-refractivity contribution in [2.75, 3.05) is 20.3 Å². The van der Waals surface area contributed by atoms with E-state index in [1.54, 1.807) is 0 Å². The highest BCUT2D eigenvalue weighted by Crippen LogP contribution is 2.46. The molecule has 0 radical (unpaired) electrons. The number of benzene rings is 1. The number of aliphatic hydroxyl groups excluding tert-OH is 1. The van der Waals surface area contributed by atoms with E-state index in [-0.39, 0.29) is 18.5 Å². The first kappa shape index (κ1) is 18.6. The third-order valence-electron chi connectivity index (χ3n) is 5.38. The smallest absolute Gasteiger partial charge is 0.243 e. The van der Waals surface area contributed by atoms with Crippen molar-refractivity contribution in [3.05, 3.63) is 24.0 Å². The molecule has 2 fully saturated rings. The van der Waals surface area contributed by atoms with Crippen LogP contribution in [0.25, 0.3) is 0 Å². The van der Waals surface area contributed by atoms with Gasteiger partial charge in [-0.2, -0.15) is 0 Å². The Kier molecular flexibility index (Phi) is 5.34. The molecule has 1 heterocycles. The second-order valence-electron chi connectivity index (χ2n) is 6.80. The summed E-state index contributed by atoms with van der Waals surface area (Å²) in [5.74, 6) is -1.05. The number of sulfonamides is 1. The van der Waals surface area contributed by atoms with Crippen LogP contribution in [0.5, 0.6) is 5.75 Å². The summed E-state index contributed by atoms with van der Waals surface area (Å²) >= 11 is 0. The minimum absolute atomic E-state index is 0.124. The number of halogens is 1. The highest BCUT2D eigenvalue weighted by atomic mass is 32.2. The van der Waals surface area contributed by atoms with Gasteiger partial charge in [-0.15, -0.1) is 0 Å². The topological polar surface area (TPSA) is 84.9 Å². The van der Waals surface area contributed by atoms with Crippen LogP contribution in [0.15, 0.2) is 23.1 Å². The second-order valence-corrected chi connectivity index (χ2v) is 8.48. The molecule has 1 aromatic carbocycles. The molecule has 2 atom stereocenters. The maximum absolute atomic E-state index is 14.4. The van der Waals surface area contributed by atoms with Crippen LogP contribution in [-0.4, -0.2) is 46.0 Å². The van der Waals surface area contributed by atoms with Gasteiger partial charge in [0, 0.05) is 12.0 Å². The molecule has 1 aliphatic heterocycles. The first-order valence-corrected chi connectivity index (χ1v) is 9.99. The first-order chi connectivity index (χ1) is 11.9. The molecule has 2 N–H and O–H groups in total. The summed E-state index contributed by atoms with van der Waals surface area (Å²) in [5, 5.41) is 9.89. The van der Waals surface area contributed by atoms with E-state index >= 15 is 0 Å². The van der Waals surface area contributed by atoms with Crippen LogP contribution in [0.1, 0.15) is 32.1 Å². The lowest BCUT2D eigenvalue weighted by molar-refractivity contribution is -0.0429. The van der Waals surface area contributed by atoms with Gasteiger partial charge in [0.15, 0.2) is 11.6 Å². The predicted octanol–water partition coefficient (Wildman–Crippen LogP) is 1.82. The van der Waals surface area contributed by atoms with E-state index in [0.29, 0.717) is 6.61 Å². The quantitative estimate of drug-likeness (QED) is 0.762. The van der Waals surface area contributed by atoms with Gasteiger partial charge in [-0.05, 0) is 37.8 Å². The van der Waals surface area contributed by atoms with Gasteiger partial charge in [0.1, 0.15) is 4.90 Å². The zero-order valence-electron chi connectivity index (χ0n) is 14.2. The SMILES string of the molecule is COc1cccc(S(=O)(=O)NC(C2CCCO2)C2(CO)CCC2)c1F. The van der Waals surface area contributed by atoms with E-state index in [9.17, 15) is 17.9 Å². The monoisotopic (exact) mass is 373 g/mol. The van der Waals surface area contributed by atoms with Gasteiger partial charge in [0.05, 0.1) is 25.9 Å². The Morgan fingerprint density at radius 3 is 2.72 bits per heavy atom. The molecule has 1 saturated carbocycles. The Morgan fingerprint density at radius 2 is 2.20 bits per heavy atom. The number of methoxy groups -OCH3 is 1. The fourth-order valence-corrected chi connectivity index (χ4v) is 5.20. The first-order valence-electron chi connectivity index (χ1n) is 8.51. The molecule has 1 aromatic rings. The van der Waals surface area contributed by atoms with Crippen molar-refractivity contribution >= 4 is 10.0 Å². The molecular formula is C17H24FNO5S. The maximum Gasteiger partial charge on any atom is 0.243 e. The van der Waals surface area contributed by atoms with Crippen molar-refractivity contribution in [3.8, 4) is 5.75 Å². The largest absolute Gasteiger partial charge is 0.494 e. The van der Waals surface area contributed by atoms with Crippen molar-refractivity contribution in [1.29, 1.82) is 0 Å². The van der Waals surface area contributed by atoms with Gasteiger partial charge in [-0.1, -0.05) is 12.5 Å².